The lowest BCUT2D eigenvalue weighted by Crippen LogP contribution is -2.15. The molecule has 4 aromatic rings. The maximum absolute atomic E-state index is 13.9. The Hall–Kier alpha value is -3.56. The highest BCUT2D eigenvalue weighted by atomic mass is 19.4. The smallest absolute Gasteiger partial charge is 0.262 e. The number of aromatic nitrogens is 6. The van der Waals surface area contributed by atoms with Crippen molar-refractivity contribution >= 4 is 0 Å². The maximum Gasteiger partial charge on any atom is 0.433 e. The van der Waals surface area contributed by atoms with E-state index in [-0.39, 0.29) is 23.2 Å². The predicted octanol–water partition coefficient (Wildman–Crippen LogP) is 4.24. The Morgan fingerprint density at radius 3 is 2.38 bits per heavy atom. The van der Waals surface area contributed by atoms with E-state index in [1.807, 2.05) is 0 Å². The van der Waals surface area contributed by atoms with Gasteiger partial charge in [-0.1, -0.05) is 12.1 Å². The van der Waals surface area contributed by atoms with Crippen LogP contribution in [-0.2, 0) is 12.6 Å². The van der Waals surface area contributed by atoms with Crippen LogP contribution in [0, 0.1) is 5.82 Å². The van der Waals surface area contributed by atoms with Crippen LogP contribution in [0.3, 0.4) is 0 Å². The number of hydrogen-bond donors (Lipinski definition) is 0. The molecule has 0 saturated heterocycles. The third kappa shape index (κ3) is 3.48. The van der Waals surface area contributed by atoms with Crippen molar-refractivity contribution in [2.75, 3.05) is 0 Å². The van der Waals surface area contributed by atoms with Gasteiger partial charge in [0, 0.05) is 17.3 Å². The Morgan fingerprint density at radius 2 is 1.72 bits per heavy atom. The number of aryl methyl sites for hydroxylation is 1. The van der Waals surface area contributed by atoms with Crippen molar-refractivity contribution in [3.63, 3.8) is 0 Å². The quantitative estimate of drug-likeness (QED) is 0.479. The molecule has 0 radical (unpaired) electrons. The minimum atomic E-state index is -4.52. The molecular weight excluding hydrogens is 388 g/mol. The van der Waals surface area contributed by atoms with Crippen molar-refractivity contribution in [2.24, 2.45) is 0 Å². The zero-order chi connectivity index (χ0) is 20.6. The molecule has 0 spiro atoms. The summed E-state index contributed by atoms with van der Waals surface area (Å²) < 4.78 is 56.4. The number of halogens is 4. The molecule has 4 rings (SSSR count). The molecule has 10 heteroatoms. The summed E-state index contributed by atoms with van der Waals surface area (Å²) in [5.74, 6) is -0.528. The Kier molecular flexibility index (Phi) is 4.61. The van der Waals surface area contributed by atoms with Gasteiger partial charge in [0.25, 0.3) is 0 Å². The summed E-state index contributed by atoms with van der Waals surface area (Å²) >= 11 is 0. The van der Waals surface area contributed by atoms with Crippen LogP contribution in [0.5, 0.6) is 0 Å². The van der Waals surface area contributed by atoms with Crippen LogP contribution >= 0.6 is 0 Å². The number of alkyl halides is 3. The van der Waals surface area contributed by atoms with Gasteiger partial charge in [-0.15, -0.1) is 5.10 Å². The molecule has 0 fully saturated rings. The van der Waals surface area contributed by atoms with Gasteiger partial charge in [-0.2, -0.15) is 18.3 Å². The molecule has 0 atom stereocenters. The zero-order valence-corrected chi connectivity index (χ0v) is 15.1. The number of nitrogens with zero attached hydrogens (tertiary/aromatic N) is 6. The van der Waals surface area contributed by atoms with Crippen molar-refractivity contribution in [2.45, 2.75) is 19.5 Å². The van der Waals surface area contributed by atoms with Crippen LogP contribution in [0.25, 0.3) is 22.6 Å². The van der Waals surface area contributed by atoms with E-state index < -0.39 is 17.7 Å². The monoisotopic (exact) mass is 402 g/mol. The predicted molar refractivity (Wildman–Crippen MR) is 96.1 cm³/mol. The third-order valence-electron chi connectivity index (χ3n) is 4.40. The summed E-state index contributed by atoms with van der Waals surface area (Å²) in [6.45, 7) is 1.65. The molecule has 29 heavy (non-hydrogen) atoms. The Balaban J connectivity index is 1.67. The van der Waals surface area contributed by atoms with Gasteiger partial charge in [0.2, 0.25) is 0 Å². The number of pyridine rings is 1. The fourth-order valence-corrected chi connectivity index (χ4v) is 2.98. The average molecular weight is 402 g/mol. The normalized spacial score (nSPS) is 11.8. The van der Waals surface area contributed by atoms with E-state index in [0.717, 1.165) is 10.9 Å². The standard InChI is InChI=1S/C19H14F4N6/c1-2-12-9-25-29(18(12)19(21,22)23)14-5-3-13(4-6-14)28-11-17(26-27-28)15-7-8-24-10-16(15)20/h3-11H,2H2,1H3. The summed E-state index contributed by atoms with van der Waals surface area (Å²) in [6.07, 6.45) is 0.979. The average Bonchev–Trinajstić information content (AvgIpc) is 3.35. The second kappa shape index (κ2) is 7.12. The summed E-state index contributed by atoms with van der Waals surface area (Å²) in [5, 5.41) is 11.8. The van der Waals surface area contributed by atoms with Gasteiger partial charge in [0.15, 0.2) is 11.5 Å². The molecule has 6 nitrogen and oxygen atoms in total. The number of hydrogen-bond acceptors (Lipinski definition) is 4. The molecule has 148 valence electrons. The van der Waals surface area contributed by atoms with Gasteiger partial charge < -0.3 is 0 Å². The summed E-state index contributed by atoms with van der Waals surface area (Å²) in [5.41, 5.74) is 0.722. The van der Waals surface area contributed by atoms with Gasteiger partial charge in [-0.25, -0.2) is 13.8 Å². The van der Waals surface area contributed by atoms with E-state index in [1.165, 1.54) is 41.5 Å². The molecule has 3 aromatic heterocycles. The second-order valence-electron chi connectivity index (χ2n) is 6.20. The lowest BCUT2D eigenvalue weighted by atomic mass is 10.2. The maximum atomic E-state index is 13.9. The summed E-state index contributed by atoms with van der Waals surface area (Å²) in [6, 6.07) is 7.67. The van der Waals surface area contributed by atoms with Crippen LogP contribution in [-0.4, -0.2) is 29.8 Å². The number of rotatable bonds is 4. The highest BCUT2D eigenvalue weighted by Crippen LogP contribution is 2.34. The summed E-state index contributed by atoms with van der Waals surface area (Å²) in [7, 11) is 0. The summed E-state index contributed by atoms with van der Waals surface area (Å²) in [4.78, 5) is 3.69. The minimum Gasteiger partial charge on any atom is -0.262 e. The molecule has 0 N–H and O–H groups in total. The van der Waals surface area contributed by atoms with Crippen LogP contribution in [0.1, 0.15) is 18.2 Å². The van der Waals surface area contributed by atoms with E-state index in [2.05, 4.69) is 20.4 Å². The van der Waals surface area contributed by atoms with E-state index in [9.17, 15) is 17.6 Å². The first kappa shape index (κ1) is 18.8. The fourth-order valence-electron chi connectivity index (χ4n) is 2.98. The molecule has 0 aliphatic carbocycles. The third-order valence-corrected chi connectivity index (χ3v) is 4.40. The van der Waals surface area contributed by atoms with Gasteiger partial charge in [-0.05, 0) is 36.8 Å². The van der Waals surface area contributed by atoms with Crippen LogP contribution in [0.2, 0.25) is 0 Å². The highest BCUT2D eigenvalue weighted by Gasteiger charge is 2.38. The topological polar surface area (TPSA) is 61.4 Å². The van der Waals surface area contributed by atoms with Crippen LogP contribution in [0.4, 0.5) is 17.6 Å². The zero-order valence-electron chi connectivity index (χ0n) is 15.1. The van der Waals surface area contributed by atoms with Crippen LogP contribution in [0.15, 0.2) is 55.1 Å². The van der Waals surface area contributed by atoms with E-state index in [4.69, 9.17) is 0 Å². The SMILES string of the molecule is CCc1cnn(-c2ccc(-n3cc(-c4ccncc4F)nn3)cc2)c1C(F)(F)F. The van der Waals surface area contributed by atoms with Crippen molar-refractivity contribution in [3.05, 3.63) is 72.2 Å². The molecule has 0 unspecified atom stereocenters. The molecule has 0 amide bonds. The van der Waals surface area contributed by atoms with Crippen molar-refractivity contribution in [1.82, 2.24) is 29.8 Å². The molecule has 0 aliphatic rings. The Bertz CT molecular complexity index is 1140. The van der Waals surface area contributed by atoms with Gasteiger partial charge in [0.1, 0.15) is 5.69 Å². The lowest BCUT2D eigenvalue weighted by Gasteiger charge is -2.12. The first-order valence-corrected chi connectivity index (χ1v) is 8.65. The van der Waals surface area contributed by atoms with Crippen LogP contribution < -0.4 is 0 Å². The Morgan fingerprint density at radius 1 is 1.00 bits per heavy atom. The Labute approximate surface area is 162 Å². The largest absolute Gasteiger partial charge is 0.433 e. The van der Waals surface area contributed by atoms with Crippen molar-refractivity contribution in [3.8, 4) is 22.6 Å². The first-order valence-electron chi connectivity index (χ1n) is 8.65. The van der Waals surface area contributed by atoms with E-state index in [1.54, 1.807) is 19.1 Å². The molecular formula is C19H14F4N6. The lowest BCUT2D eigenvalue weighted by molar-refractivity contribution is -0.143. The molecule has 0 saturated carbocycles. The fraction of sp³-hybridized carbons (Fsp3) is 0.158. The second-order valence-corrected chi connectivity index (χ2v) is 6.20. The minimum absolute atomic E-state index is 0.127. The van der Waals surface area contributed by atoms with Gasteiger partial charge >= 0.3 is 6.18 Å². The van der Waals surface area contributed by atoms with E-state index in [0.29, 0.717) is 11.4 Å². The van der Waals surface area contributed by atoms with Gasteiger partial charge in [0.05, 0.1) is 30.0 Å². The highest BCUT2D eigenvalue weighted by molar-refractivity contribution is 5.58. The van der Waals surface area contributed by atoms with Crippen molar-refractivity contribution in [1.29, 1.82) is 0 Å². The number of benzene rings is 1. The molecule has 0 aliphatic heterocycles. The first-order chi connectivity index (χ1) is 13.9. The molecule has 3 heterocycles. The molecule has 0 bridgehead atoms. The van der Waals surface area contributed by atoms with Gasteiger partial charge in [-0.3, -0.25) is 4.98 Å². The molecule has 1 aromatic carbocycles. The van der Waals surface area contributed by atoms with E-state index >= 15 is 0 Å². The van der Waals surface area contributed by atoms with Crippen molar-refractivity contribution < 1.29 is 17.6 Å².